The van der Waals surface area contributed by atoms with E-state index in [0.29, 0.717) is 17.0 Å². The van der Waals surface area contributed by atoms with Gasteiger partial charge in [-0.05, 0) is 67.2 Å². The van der Waals surface area contributed by atoms with Gasteiger partial charge in [0.2, 0.25) is 5.91 Å². The van der Waals surface area contributed by atoms with Gasteiger partial charge in [-0.2, -0.15) is 8.42 Å². The summed E-state index contributed by atoms with van der Waals surface area (Å²) >= 11 is 0.758. The zero-order valence-electron chi connectivity index (χ0n) is 20.5. The van der Waals surface area contributed by atoms with E-state index in [2.05, 4.69) is 5.32 Å². The molecular formula is C27H24N2O7S2. The van der Waals surface area contributed by atoms with Crippen LogP contribution in [0.25, 0.3) is 6.08 Å². The summed E-state index contributed by atoms with van der Waals surface area (Å²) in [6.07, 6.45) is 1.43. The highest BCUT2D eigenvalue weighted by molar-refractivity contribution is 8.18. The molecule has 0 aromatic heterocycles. The van der Waals surface area contributed by atoms with E-state index in [0.717, 1.165) is 22.2 Å². The van der Waals surface area contributed by atoms with Gasteiger partial charge in [-0.1, -0.05) is 35.9 Å². The predicted molar refractivity (Wildman–Crippen MR) is 144 cm³/mol. The number of nitrogens with zero attached hydrogens (tertiary/aromatic N) is 1. The van der Waals surface area contributed by atoms with Crippen LogP contribution in [-0.2, 0) is 19.7 Å². The van der Waals surface area contributed by atoms with Gasteiger partial charge in [0.05, 0.1) is 11.4 Å². The van der Waals surface area contributed by atoms with Gasteiger partial charge in [0.25, 0.3) is 11.1 Å². The fourth-order valence-electron chi connectivity index (χ4n) is 3.47. The Morgan fingerprint density at radius 2 is 1.68 bits per heavy atom. The van der Waals surface area contributed by atoms with Gasteiger partial charge in [-0.25, -0.2) is 0 Å². The smallest absolute Gasteiger partial charge is 0.339 e. The number of rotatable bonds is 9. The van der Waals surface area contributed by atoms with Crippen molar-refractivity contribution in [3.63, 3.8) is 0 Å². The minimum absolute atomic E-state index is 0.00654. The number of benzene rings is 3. The number of anilines is 1. The van der Waals surface area contributed by atoms with Crippen LogP contribution in [0, 0.1) is 6.92 Å². The van der Waals surface area contributed by atoms with Crippen LogP contribution in [-0.4, -0.2) is 43.5 Å². The molecule has 0 atom stereocenters. The number of aryl methyl sites for hydroxylation is 1. The number of thioether (sulfide) groups is 1. The molecule has 1 fully saturated rings. The predicted octanol–water partition coefficient (Wildman–Crippen LogP) is 4.84. The molecule has 9 nitrogen and oxygen atoms in total. The monoisotopic (exact) mass is 552 g/mol. The third-order valence-corrected chi connectivity index (χ3v) is 7.50. The fourth-order valence-corrected chi connectivity index (χ4v) is 5.28. The van der Waals surface area contributed by atoms with Crippen LogP contribution in [0.15, 0.2) is 82.6 Å². The summed E-state index contributed by atoms with van der Waals surface area (Å²) in [6, 6.07) is 19.2. The molecule has 3 aromatic rings. The van der Waals surface area contributed by atoms with Crippen LogP contribution in [0.5, 0.6) is 11.5 Å². The van der Waals surface area contributed by atoms with Crippen LogP contribution in [0.4, 0.5) is 10.5 Å². The SMILES string of the molecule is CC(=O)Nc1ccc(S(=O)(=O)Oc2ccccc2/C=C2\SC(=O)N(CCOc3ccc(C)cc3)C2=O)cc1. The van der Waals surface area contributed by atoms with Crippen molar-refractivity contribution in [1.82, 2.24) is 4.90 Å². The molecule has 0 spiro atoms. The highest BCUT2D eigenvalue weighted by atomic mass is 32.2. The van der Waals surface area contributed by atoms with Gasteiger partial charge in [0.15, 0.2) is 0 Å². The maximum absolute atomic E-state index is 12.9. The molecular weight excluding hydrogens is 528 g/mol. The summed E-state index contributed by atoms with van der Waals surface area (Å²) in [5.74, 6) is -0.157. The van der Waals surface area contributed by atoms with Gasteiger partial charge in [-0.3, -0.25) is 19.3 Å². The van der Waals surface area contributed by atoms with Crippen molar-refractivity contribution in [2.45, 2.75) is 18.7 Å². The molecule has 3 aromatic carbocycles. The molecule has 1 heterocycles. The minimum Gasteiger partial charge on any atom is -0.492 e. The molecule has 1 aliphatic heterocycles. The highest BCUT2D eigenvalue weighted by Gasteiger charge is 2.35. The maximum atomic E-state index is 12.9. The van der Waals surface area contributed by atoms with Crippen molar-refractivity contribution in [2.24, 2.45) is 0 Å². The molecule has 0 unspecified atom stereocenters. The van der Waals surface area contributed by atoms with E-state index in [4.69, 9.17) is 8.92 Å². The number of amides is 3. The lowest BCUT2D eigenvalue weighted by Crippen LogP contribution is -2.32. The van der Waals surface area contributed by atoms with E-state index < -0.39 is 21.3 Å². The van der Waals surface area contributed by atoms with E-state index in [9.17, 15) is 22.8 Å². The Kier molecular flexibility index (Phi) is 8.18. The topological polar surface area (TPSA) is 119 Å². The lowest BCUT2D eigenvalue weighted by molar-refractivity contribution is -0.123. The molecule has 4 rings (SSSR count). The minimum atomic E-state index is -4.22. The lowest BCUT2D eigenvalue weighted by Gasteiger charge is -2.13. The van der Waals surface area contributed by atoms with E-state index in [1.54, 1.807) is 18.2 Å². The average molecular weight is 553 g/mol. The van der Waals surface area contributed by atoms with E-state index in [-0.39, 0.29) is 34.6 Å². The Morgan fingerprint density at radius 1 is 1.00 bits per heavy atom. The number of para-hydroxylation sites is 1. The van der Waals surface area contributed by atoms with Crippen molar-refractivity contribution in [2.75, 3.05) is 18.5 Å². The first-order chi connectivity index (χ1) is 18.1. The zero-order chi connectivity index (χ0) is 27.3. The number of nitrogens with one attached hydrogen (secondary N) is 1. The van der Waals surface area contributed by atoms with Gasteiger partial charge in [-0.15, -0.1) is 0 Å². The van der Waals surface area contributed by atoms with Crippen LogP contribution in [0.1, 0.15) is 18.1 Å². The average Bonchev–Trinajstić information content (AvgIpc) is 3.13. The fraction of sp³-hybridized carbons (Fsp3) is 0.148. The molecule has 0 radical (unpaired) electrons. The third-order valence-electron chi connectivity index (χ3n) is 5.35. The van der Waals surface area contributed by atoms with Crippen LogP contribution in [0.3, 0.4) is 0 Å². The molecule has 1 aliphatic rings. The van der Waals surface area contributed by atoms with Crippen molar-refractivity contribution >= 4 is 50.7 Å². The van der Waals surface area contributed by atoms with Crippen LogP contribution >= 0.6 is 11.8 Å². The normalized spacial score (nSPS) is 14.6. The molecule has 1 saturated heterocycles. The molecule has 0 saturated carbocycles. The number of imide groups is 1. The first-order valence-electron chi connectivity index (χ1n) is 11.5. The highest BCUT2D eigenvalue weighted by Crippen LogP contribution is 2.34. The molecule has 0 aliphatic carbocycles. The molecule has 38 heavy (non-hydrogen) atoms. The van der Waals surface area contributed by atoms with Crippen molar-refractivity contribution in [1.29, 1.82) is 0 Å². The van der Waals surface area contributed by atoms with Crippen molar-refractivity contribution < 1.29 is 31.7 Å². The van der Waals surface area contributed by atoms with Crippen LogP contribution < -0.4 is 14.2 Å². The van der Waals surface area contributed by atoms with Crippen molar-refractivity contribution in [3.05, 3.63) is 88.8 Å². The summed E-state index contributed by atoms with van der Waals surface area (Å²) in [5, 5.41) is 2.12. The largest absolute Gasteiger partial charge is 0.492 e. The van der Waals surface area contributed by atoms with Gasteiger partial charge in [0.1, 0.15) is 23.0 Å². The second-order valence-electron chi connectivity index (χ2n) is 8.28. The summed E-state index contributed by atoms with van der Waals surface area (Å²) < 4.78 is 36.7. The second kappa shape index (κ2) is 11.5. The number of ether oxygens (including phenoxy) is 1. The standard InChI is InChI=1S/C27H24N2O7S2/c1-18-7-11-22(12-8-18)35-16-15-29-26(31)25(37-27(29)32)17-20-5-3-4-6-24(20)36-38(33,34)23-13-9-21(10-14-23)28-19(2)30/h3-14,17H,15-16H2,1-2H3,(H,28,30)/b25-17-. The van der Waals surface area contributed by atoms with E-state index in [1.165, 1.54) is 43.3 Å². The Morgan fingerprint density at radius 3 is 2.37 bits per heavy atom. The Bertz CT molecular complexity index is 1500. The summed E-state index contributed by atoms with van der Waals surface area (Å²) in [7, 11) is -4.22. The zero-order valence-corrected chi connectivity index (χ0v) is 22.2. The Labute approximate surface area is 224 Å². The molecule has 196 valence electrons. The van der Waals surface area contributed by atoms with Crippen molar-refractivity contribution in [3.8, 4) is 11.5 Å². The summed E-state index contributed by atoms with van der Waals surface area (Å²) in [4.78, 5) is 37.7. The lowest BCUT2D eigenvalue weighted by atomic mass is 10.2. The Balaban J connectivity index is 1.46. The number of carbonyl (C=O) groups excluding carboxylic acids is 3. The maximum Gasteiger partial charge on any atom is 0.339 e. The van der Waals surface area contributed by atoms with Gasteiger partial charge < -0.3 is 14.2 Å². The number of carbonyl (C=O) groups is 3. The van der Waals surface area contributed by atoms with Gasteiger partial charge >= 0.3 is 10.1 Å². The molecule has 11 heteroatoms. The first-order valence-corrected chi connectivity index (χ1v) is 13.7. The number of hydrogen-bond donors (Lipinski definition) is 1. The Hall–Kier alpha value is -4.09. The number of hydrogen-bond acceptors (Lipinski definition) is 8. The summed E-state index contributed by atoms with van der Waals surface area (Å²) in [6.45, 7) is 3.50. The van der Waals surface area contributed by atoms with E-state index >= 15 is 0 Å². The molecule has 0 bridgehead atoms. The molecule has 1 N–H and O–H groups in total. The van der Waals surface area contributed by atoms with Gasteiger partial charge in [0, 0.05) is 18.2 Å². The molecule has 3 amide bonds. The third kappa shape index (κ3) is 6.61. The van der Waals surface area contributed by atoms with E-state index in [1.807, 2.05) is 31.2 Å². The first kappa shape index (κ1) is 27.0. The van der Waals surface area contributed by atoms with Crippen LogP contribution in [0.2, 0.25) is 0 Å². The second-order valence-corrected chi connectivity index (χ2v) is 10.8. The quantitative estimate of drug-likeness (QED) is 0.296. The summed E-state index contributed by atoms with van der Waals surface area (Å²) in [5.41, 5.74) is 1.84.